The molecule has 0 fully saturated rings. The Labute approximate surface area is 122 Å². The molecule has 0 bridgehead atoms. The smallest absolute Gasteiger partial charge is 0.338 e. The number of esters is 1. The minimum atomic E-state index is -0.449. The van der Waals surface area contributed by atoms with Gasteiger partial charge in [-0.2, -0.15) is 0 Å². The molecule has 2 N–H and O–H groups in total. The molecule has 5 nitrogen and oxygen atoms in total. The Bertz CT molecular complexity index is 575. The highest BCUT2D eigenvalue weighted by Gasteiger charge is 2.33. The van der Waals surface area contributed by atoms with E-state index in [0.717, 1.165) is 10.4 Å². The van der Waals surface area contributed by atoms with Crippen molar-refractivity contribution < 1.29 is 14.3 Å². The van der Waals surface area contributed by atoms with Crippen molar-refractivity contribution in [2.45, 2.75) is 39.8 Å². The molecule has 1 atom stereocenters. The van der Waals surface area contributed by atoms with Crippen molar-refractivity contribution in [2.24, 2.45) is 0 Å². The summed E-state index contributed by atoms with van der Waals surface area (Å²) in [6.45, 7) is 7.27. The van der Waals surface area contributed by atoms with Crippen molar-refractivity contribution in [2.75, 3.05) is 0 Å². The quantitative estimate of drug-likeness (QED) is 0.842. The van der Waals surface area contributed by atoms with Crippen LogP contribution >= 0.6 is 11.3 Å². The lowest BCUT2D eigenvalue weighted by atomic mass is 9.99. The highest BCUT2D eigenvalue weighted by Crippen LogP contribution is 2.33. The molecule has 0 aromatic carbocycles. The van der Waals surface area contributed by atoms with Crippen molar-refractivity contribution in [1.29, 1.82) is 0 Å². The monoisotopic (exact) mass is 294 g/mol. The molecule has 1 aliphatic rings. The van der Waals surface area contributed by atoms with Gasteiger partial charge in [0.05, 0.1) is 17.7 Å². The van der Waals surface area contributed by atoms with Crippen molar-refractivity contribution in [1.82, 2.24) is 10.6 Å². The highest BCUT2D eigenvalue weighted by molar-refractivity contribution is 7.10. The van der Waals surface area contributed by atoms with Crippen LogP contribution in [0.3, 0.4) is 0 Å². The van der Waals surface area contributed by atoms with E-state index in [2.05, 4.69) is 10.6 Å². The lowest BCUT2D eigenvalue weighted by Crippen LogP contribution is -2.45. The maximum absolute atomic E-state index is 12.3. The van der Waals surface area contributed by atoms with Gasteiger partial charge in [0.25, 0.3) is 0 Å². The first-order valence-corrected chi connectivity index (χ1v) is 7.31. The first-order chi connectivity index (χ1) is 9.40. The number of urea groups is 1. The summed E-state index contributed by atoms with van der Waals surface area (Å²) in [6.07, 6.45) is -0.203. The van der Waals surface area contributed by atoms with Gasteiger partial charge in [0, 0.05) is 10.6 Å². The molecule has 1 aliphatic heterocycles. The summed E-state index contributed by atoms with van der Waals surface area (Å²) in [4.78, 5) is 24.9. The fourth-order valence-electron chi connectivity index (χ4n) is 2.12. The largest absolute Gasteiger partial charge is 0.459 e. The number of hydrogen-bond donors (Lipinski definition) is 2. The number of amides is 2. The van der Waals surface area contributed by atoms with E-state index in [4.69, 9.17) is 4.74 Å². The number of hydrogen-bond acceptors (Lipinski definition) is 4. The molecule has 0 radical (unpaired) electrons. The van der Waals surface area contributed by atoms with E-state index in [1.165, 1.54) is 11.3 Å². The Morgan fingerprint density at radius 3 is 2.65 bits per heavy atom. The Hall–Kier alpha value is -1.82. The van der Waals surface area contributed by atoms with Gasteiger partial charge in [-0.05, 0) is 44.7 Å². The normalized spacial score (nSPS) is 18.9. The van der Waals surface area contributed by atoms with E-state index in [0.29, 0.717) is 11.3 Å². The number of rotatable bonds is 3. The van der Waals surface area contributed by atoms with Gasteiger partial charge in [0.2, 0.25) is 0 Å². The van der Waals surface area contributed by atoms with E-state index in [9.17, 15) is 9.59 Å². The lowest BCUT2D eigenvalue weighted by Gasteiger charge is -2.28. The molecule has 6 heteroatoms. The Balaban J connectivity index is 2.42. The van der Waals surface area contributed by atoms with Crippen LogP contribution in [0.1, 0.15) is 37.3 Å². The van der Waals surface area contributed by atoms with Gasteiger partial charge >= 0.3 is 12.0 Å². The number of thiophene rings is 1. The molecule has 0 unspecified atom stereocenters. The molecule has 1 aromatic heterocycles. The van der Waals surface area contributed by atoms with Gasteiger partial charge in [0.15, 0.2) is 0 Å². The Morgan fingerprint density at radius 1 is 1.40 bits per heavy atom. The van der Waals surface area contributed by atoms with E-state index in [1.807, 2.05) is 18.4 Å². The highest BCUT2D eigenvalue weighted by atomic mass is 32.1. The molecule has 0 aliphatic carbocycles. The molecular weight excluding hydrogens is 276 g/mol. The zero-order valence-electron chi connectivity index (χ0n) is 11.9. The number of carbonyl (C=O) groups excluding carboxylic acids is 2. The number of ether oxygens (including phenoxy) is 1. The second-order valence-electron chi connectivity index (χ2n) is 4.99. The van der Waals surface area contributed by atoms with Crippen LogP contribution in [0.25, 0.3) is 0 Å². The third-order valence-corrected chi connectivity index (χ3v) is 4.08. The maximum atomic E-state index is 12.3. The Kier molecular flexibility index (Phi) is 4.13. The minimum Gasteiger partial charge on any atom is -0.459 e. The average molecular weight is 294 g/mol. The number of carbonyl (C=O) groups is 2. The second kappa shape index (κ2) is 5.66. The van der Waals surface area contributed by atoms with Crippen LogP contribution in [0.5, 0.6) is 0 Å². The lowest BCUT2D eigenvalue weighted by molar-refractivity contribution is -0.143. The minimum absolute atomic E-state index is 0.203. The number of aryl methyl sites for hydroxylation is 1. The topological polar surface area (TPSA) is 67.4 Å². The molecule has 1 aromatic rings. The zero-order valence-corrected chi connectivity index (χ0v) is 12.8. The predicted octanol–water partition coefficient (Wildman–Crippen LogP) is 2.64. The summed E-state index contributed by atoms with van der Waals surface area (Å²) >= 11 is 1.52. The van der Waals surface area contributed by atoms with Gasteiger partial charge in [-0.25, -0.2) is 9.59 Å². The van der Waals surface area contributed by atoms with Crippen LogP contribution in [0.2, 0.25) is 0 Å². The summed E-state index contributed by atoms with van der Waals surface area (Å²) in [7, 11) is 0. The van der Waals surface area contributed by atoms with Crippen LogP contribution in [-0.2, 0) is 9.53 Å². The molecule has 0 spiro atoms. The predicted molar refractivity (Wildman–Crippen MR) is 77.4 cm³/mol. The molecule has 108 valence electrons. The standard InChI is InChI=1S/C14H18N2O3S/c1-7(2)19-13(17)10-9(4)15-14(18)16-11(10)12-8(3)5-6-20-12/h5-7,11H,1-4H3,(H2,15,16,18)/t11-/m1/s1. The number of nitrogens with one attached hydrogen (secondary N) is 2. The van der Waals surface area contributed by atoms with Crippen LogP contribution in [0.4, 0.5) is 4.79 Å². The third-order valence-electron chi connectivity index (χ3n) is 3.00. The van der Waals surface area contributed by atoms with Gasteiger partial charge < -0.3 is 15.4 Å². The summed E-state index contributed by atoms with van der Waals surface area (Å²) in [5, 5.41) is 7.37. The zero-order chi connectivity index (χ0) is 14.9. The van der Waals surface area contributed by atoms with Gasteiger partial charge in [0.1, 0.15) is 0 Å². The first-order valence-electron chi connectivity index (χ1n) is 6.43. The summed E-state index contributed by atoms with van der Waals surface area (Å²) in [5.41, 5.74) is 2.05. The third kappa shape index (κ3) is 2.85. The molecule has 20 heavy (non-hydrogen) atoms. The van der Waals surface area contributed by atoms with Gasteiger partial charge in [-0.15, -0.1) is 11.3 Å². The van der Waals surface area contributed by atoms with Gasteiger partial charge in [-0.1, -0.05) is 0 Å². The second-order valence-corrected chi connectivity index (χ2v) is 5.94. The average Bonchev–Trinajstić information content (AvgIpc) is 2.72. The fraction of sp³-hybridized carbons (Fsp3) is 0.429. The van der Waals surface area contributed by atoms with Gasteiger partial charge in [-0.3, -0.25) is 0 Å². The van der Waals surface area contributed by atoms with E-state index < -0.39 is 12.0 Å². The molecule has 2 heterocycles. The summed E-state index contributed by atoms with van der Waals surface area (Å²) < 4.78 is 5.28. The van der Waals surface area contributed by atoms with Crippen molar-refractivity contribution in [3.63, 3.8) is 0 Å². The number of allylic oxidation sites excluding steroid dienone is 1. The van der Waals surface area contributed by atoms with Crippen LogP contribution in [0, 0.1) is 6.92 Å². The molecular formula is C14H18N2O3S. The fourth-order valence-corrected chi connectivity index (χ4v) is 3.10. The SMILES string of the molecule is CC1=C(C(=O)OC(C)C)[C@H](c2sccc2C)NC(=O)N1. The molecule has 2 amide bonds. The maximum Gasteiger partial charge on any atom is 0.338 e. The van der Waals surface area contributed by atoms with Crippen molar-refractivity contribution >= 4 is 23.3 Å². The van der Waals surface area contributed by atoms with Crippen LogP contribution < -0.4 is 10.6 Å². The Morgan fingerprint density at radius 2 is 2.10 bits per heavy atom. The van der Waals surface area contributed by atoms with Crippen molar-refractivity contribution in [3.05, 3.63) is 33.2 Å². The van der Waals surface area contributed by atoms with Crippen LogP contribution in [-0.4, -0.2) is 18.1 Å². The summed E-state index contributed by atoms with van der Waals surface area (Å²) in [5.74, 6) is -0.400. The first kappa shape index (κ1) is 14.6. The van der Waals surface area contributed by atoms with E-state index in [-0.39, 0.29) is 12.1 Å². The molecule has 0 saturated heterocycles. The molecule has 0 saturated carbocycles. The summed E-state index contributed by atoms with van der Waals surface area (Å²) in [6, 6.07) is 1.21. The molecule has 2 rings (SSSR count). The van der Waals surface area contributed by atoms with E-state index in [1.54, 1.807) is 20.8 Å². The van der Waals surface area contributed by atoms with Crippen molar-refractivity contribution in [3.8, 4) is 0 Å². The van der Waals surface area contributed by atoms with E-state index >= 15 is 0 Å². The van der Waals surface area contributed by atoms with Crippen LogP contribution in [0.15, 0.2) is 22.7 Å².